The van der Waals surface area contributed by atoms with Crippen molar-refractivity contribution in [1.29, 1.82) is 0 Å². The van der Waals surface area contributed by atoms with E-state index < -0.39 is 0 Å². The average molecular weight is 215 g/mol. The second kappa shape index (κ2) is 5.10. The number of aromatic nitrogens is 3. The van der Waals surface area contributed by atoms with Crippen molar-refractivity contribution < 1.29 is 0 Å². The van der Waals surface area contributed by atoms with Gasteiger partial charge in [0, 0.05) is 6.04 Å². The van der Waals surface area contributed by atoms with Crippen LogP contribution in [0.4, 0.5) is 5.82 Å². The Bertz CT molecular complexity index is 292. The van der Waals surface area contributed by atoms with Crippen LogP contribution < -0.4 is 5.32 Å². The Labute approximate surface area is 89.1 Å². The third-order valence-corrected chi connectivity index (χ3v) is 2.57. The molecule has 0 aliphatic rings. The lowest BCUT2D eigenvalue weighted by Crippen LogP contribution is -2.23. The first-order chi connectivity index (χ1) is 6.63. The summed E-state index contributed by atoms with van der Waals surface area (Å²) in [5.41, 5.74) is 0. The number of hydrogen-bond acceptors (Lipinski definition) is 4. The Morgan fingerprint density at radius 2 is 2.21 bits per heavy atom. The minimum Gasteiger partial charge on any atom is -0.366 e. The van der Waals surface area contributed by atoms with E-state index in [1.807, 2.05) is 0 Å². The highest BCUT2D eigenvalue weighted by atomic mass is 35.5. The van der Waals surface area contributed by atoms with Crippen molar-refractivity contribution in [3.05, 3.63) is 11.5 Å². The van der Waals surface area contributed by atoms with Crippen molar-refractivity contribution in [2.75, 3.05) is 5.32 Å². The molecule has 78 valence electrons. The number of hydrogen-bond donors (Lipinski definition) is 1. The molecule has 0 amide bonds. The molecular weight excluding hydrogens is 200 g/mol. The zero-order valence-electron chi connectivity index (χ0n) is 8.66. The summed E-state index contributed by atoms with van der Waals surface area (Å²) in [4.78, 5) is 4.01. The zero-order chi connectivity index (χ0) is 10.6. The van der Waals surface area contributed by atoms with Crippen molar-refractivity contribution in [1.82, 2.24) is 15.2 Å². The van der Waals surface area contributed by atoms with Crippen LogP contribution in [-0.2, 0) is 0 Å². The van der Waals surface area contributed by atoms with Crippen LogP contribution in [0.1, 0.15) is 27.2 Å². The van der Waals surface area contributed by atoms with Gasteiger partial charge in [0.25, 0.3) is 0 Å². The summed E-state index contributed by atoms with van der Waals surface area (Å²) in [7, 11) is 0. The molecule has 2 unspecified atom stereocenters. The van der Waals surface area contributed by atoms with E-state index in [0.29, 0.717) is 17.8 Å². The average Bonchev–Trinajstić information content (AvgIpc) is 2.16. The third-order valence-electron chi connectivity index (χ3n) is 2.41. The number of nitrogens with zero attached hydrogens (tertiary/aromatic N) is 3. The molecule has 0 aromatic carbocycles. The lowest BCUT2D eigenvalue weighted by Gasteiger charge is -2.19. The van der Waals surface area contributed by atoms with E-state index in [9.17, 15) is 0 Å². The normalized spacial score (nSPS) is 14.9. The number of halogens is 1. The summed E-state index contributed by atoms with van der Waals surface area (Å²) < 4.78 is 0. The summed E-state index contributed by atoms with van der Waals surface area (Å²) in [6.07, 6.45) is 2.70. The maximum absolute atomic E-state index is 5.62. The van der Waals surface area contributed by atoms with Crippen LogP contribution in [0, 0.1) is 5.92 Å². The Morgan fingerprint density at radius 3 is 2.79 bits per heavy atom. The van der Waals surface area contributed by atoms with Gasteiger partial charge in [-0.3, -0.25) is 0 Å². The quantitative estimate of drug-likeness (QED) is 0.836. The van der Waals surface area contributed by atoms with Gasteiger partial charge in [0.2, 0.25) is 5.28 Å². The van der Waals surface area contributed by atoms with Crippen LogP contribution in [0.5, 0.6) is 0 Å². The summed E-state index contributed by atoms with van der Waals surface area (Å²) in [5.74, 6) is 1.27. The third kappa shape index (κ3) is 3.10. The SMILES string of the molecule is CCC(C)C(C)Nc1cnnc(Cl)n1. The van der Waals surface area contributed by atoms with Crippen LogP contribution in [0.3, 0.4) is 0 Å². The van der Waals surface area contributed by atoms with Crippen LogP contribution in [0.2, 0.25) is 5.28 Å². The van der Waals surface area contributed by atoms with E-state index in [-0.39, 0.29) is 5.28 Å². The lowest BCUT2D eigenvalue weighted by molar-refractivity contribution is 0.493. The lowest BCUT2D eigenvalue weighted by atomic mass is 10.0. The van der Waals surface area contributed by atoms with Gasteiger partial charge in [-0.1, -0.05) is 20.3 Å². The van der Waals surface area contributed by atoms with E-state index in [2.05, 4.69) is 41.3 Å². The van der Waals surface area contributed by atoms with Gasteiger partial charge >= 0.3 is 0 Å². The smallest absolute Gasteiger partial charge is 0.244 e. The molecule has 1 rings (SSSR count). The summed E-state index contributed by atoms with van der Waals surface area (Å²) in [5, 5.41) is 10.7. The van der Waals surface area contributed by atoms with Gasteiger partial charge in [-0.15, -0.1) is 5.10 Å². The Hall–Kier alpha value is -0.900. The maximum Gasteiger partial charge on any atom is 0.244 e. The number of rotatable bonds is 4. The van der Waals surface area contributed by atoms with Gasteiger partial charge in [-0.25, -0.2) is 0 Å². The highest BCUT2D eigenvalue weighted by Gasteiger charge is 2.10. The molecule has 14 heavy (non-hydrogen) atoms. The fourth-order valence-electron chi connectivity index (χ4n) is 1.08. The van der Waals surface area contributed by atoms with Gasteiger partial charge in [0.15, 0.2) is 0 Å². The van der Waals surface area contributed by atoms with E-state index in [1.165, 1.54) is 0 Å². The molecule has 0 bridgehead atoms. The highest BCUT2D eigenvalue weighted by Crippen LogP contribution is 2.12. The fourth-order valence-corrected chi connectivity index (χ4v) is 1.22. The van der Waals surface area contributed by atoms with Gasteiger partial charge in [0.1, 0.15) is 5.82 Å². The molecule has 0 aliphatic heterocycles. The summed E-state index contributed by atoms with van der Waals surface area (Å²) in [6.45, 7) is 6.46. The number of anilines is 1. The zero-order valence-corrected chi connectivity index (χ0v) is 9.41. The first kappa shape index (κ1) is 11.2. The molecule has 0 fully saturated rings. The minimum atomic E-state index is 0.173. The molecule has 5 heteroatoms. The Morgan fingerprint density at radius 1 is 1.50 bits per heavy atom. The Kier molecular flexibility index (Phi) is 4.07. The topological polar surface area (TPSA) is 50.7 Å². The molecular formula is C9H15ClN4. The molecule has 0 radical (unpaired) electrons. The number of nitrogens with one attached hydrogen (secondary N) is 1. The standard InChI is InChI=1S/C9H15ClN4/c1-4-6(2)7(3)12-8-5-11-14-9(10)13-8/h5-7H,4H2,1-3H3,(H,12,13,14). The highest BCUT2D eigenvalue weighted by molar-refractivity contribution is 6.28. The molecule has 4 nitrogen and oxygen atoms in total. The molecule has 1 heterocycles. The largest absolute Gasteiger partial charge is 0.366 e. The first-order valence-corrected chi connectivity index (χ1v) is 5.13. The minimum absolute atomic E-state index is 0.173. The molecule has 2 atom stereocenters. The predicted octanol–water partition coefficient (Wildman–Crippen LogP) is 2.37. The van der Waals surface area contributed by atoms with Crippen molar-refractivity contribution in [3.8, 4) is 0 Å². The fraction of sp³-hybridized carbons (Fsp3) is 0.667. The van der Waals surface area contributed by atoms with E-state index in [1.54, 1.807) is 6.20 Å². The van der Waals surface area contributed by atoms with Gasteiger partial charge in [-0.2, -0.15) is 10.1 Å². The van der Waals surface area contributed by atoms with Crippen molar-refractivity contribution >= 4 is 17.4 Å². The summed E-state index contributed by atoms with van der Waals surface area (Å²) >= 11 is 5.62. The summed E-state index contributed by atoms with van der Waals surface area (Å²) in [6, 6.07) is 0.354. The molecule has 0 saturated heterocycles. The van der Waals surface area contributed by atoms with Gasteiger partial charge in [-0.05, 0) is 24.4 Å². The molecule has 0 spiro atoms. The first-order valence-electron chi connectivity index (χ1n) is 4.75. The monoisotopic (exact) mass is 214 g/mol. The second-order valence-electron chi connectivity index (χ2n) is 3.43. The van der Waals surface area contributed by atoms with E-state index in [4.69, 9.17) is 11.6 Å². The molecule has 1 aromatic rings. The van der Waals surface area contributed by atoms with Crippen LogP contribution in [-0.4, -0.2) is 21.2 Å². The van der Waals surface area contributed by atoms with Gasteiger partial charge < -0.3 is 5.32 Å². The van der Waals surface area contributed by atoms with E-state index >= 15 is 0 Å². The van der Waals surface area contributed by atoms with Crippen molar-refractivity contribution in [2.45, 2.75) is 33.2 Å². The molecule has 0 saturated carbocycles. The second-order valence-corrected chi connectivity index (χ2v) is 3.77. The molecule has 0 aliphatic carbocycles. The Balaban J connectivity index is 2.60. The van der Waals surface area contributed by atoms with Crippen LogP contribution in [0.15, 0.2) is 6.20 Å². The predicted molar refractivity (Wildman–Crippen MR) is 57.4 cm³/mol. The van der Waals surface area contributed by atoms with Crippen molar-refractivity contribution in [3.63, 3.8) is 0 Å². The maximum atomic E-state index is 5.62. The van der Waals surface area contributed by atoms with Gasteiger partial charge in [0.05, 0.1) is 6.20 Å². The van der Waals surface area contributed by atoms with Crippen LogP contribution in [0.25, 0.3) is 0 Å². The molecule has 1 N–H and O–H groups in total. The molecule has 1 aromatic heterocycles. The van der Waals surface area contributed by atoms with Crippen molar-refractivity contribution in [2.24, 2.45) is 5.92 Å². The van der Waals surface area contributed by atoms with E-state index in [0.717, 1.165) is 6.42 Å². The van der Waals surface area contributed by atoms with Crippen LogP contribution >= 0.6 is 11.6 Å².